The van der Waals surface area contributed by atoms with Crippen molar-refractivity contribution in [3.8, 4) is 17.3 Å². The van der Waals surface area contributed by atoms with Crippen molar-refractivity contribution < 1.29 is 9.47 Å². The molecule has 18 heavy (non-hydrogen) atoms. The average molecular weight is 247 g/mol. The van der Waals surface area contributed by atoms with Crippen molar-refractivity contribution in [2.45, 2.75) is 6.61 Å². The molecule has 7 nitrogen and oxygen atoms in total. The molecule has 0 spiro atoms. The molecule has 0 saturated heterocycles. The second-order valence-corrected chi connectivity index (χ2v) is 3.49. The lowest BCUT2D eigenvalue weighted by molar-refractivity contribution is 0.178. The Bertz CT molecular complexity index is 529. The van der Waals surface area contributed by atoms with Crippen LogP contribution in [0.5, 0.6) is 6.01 Å². The first-order chi connectivity index (χ1) is 8.72. The lowest BCUT2D eigenvalue weighted by Crippen LogP contribution is -2.02. The van der Waals surface area contributed by atoms with Gasteiger partial charge in [-0.25, -0.2) is 19.9 Å². The van der Waals surface area contributed by atoms with Gasteiger partial charge in [-0.2, -0.15) is 0 Å². The van der Waals surface area contributed by atoms with Crippen LogP contribution in [0.2, 0.25) is 0 Å². The van der Waals surface area contributed by atoms with Gasteiger partial charge in [0.05, 0.1) is 12.8 Å². The normalized spacial score (nSPS) is 10.3. The number of aromatic nitrogens is 4. The van der Waals surface area contributed by atoms with Crippen molar-refractivity contribution in [3.63, 3.8) is 0 Å². The van der Waals surface area contributed by atoms with E-state index in [1.165, 1.54) is 7.11 Å². The summed E-state index contributed by atoms with van der Waals surface area (Å²) in [6.45, 7) is 0.301. The zero-order valence-electron chi connectivity index (χ0n) is 10.1. The Morgan fingerprint density at radius 1 is 1.17 bits per heavy atom. The average Bonchev–Trinajstić information content (AvgIpc) is 2.38. The van der Waals surface area contributed by atoms with Crippen LogP contribution in [0, 0.1) is 0 Å². The van der Waals surface area contributed by atoms with Crippen LogP contribution >= 0.6 is 0 Å². The van der Waals surface area contributed by atoms with Crippen molar-refractivity contribution in [1.82, 2.24) is 19.9 Å². The summed E-state index contributed by atoms with van der Waals surface area (Å²) in [4.78, 5) is 16.4. The minimum absolute atomic E-state index is 0.301. The van der Waals surface area contributed by atoms with E-state index in [1.807, 2.05) is 0 Å². The molecule has 0 fully saturated rings. The molecule has 94 valence electrons. The maximum atomic E-state index is 5.71. The van der Waals surface area contributed by atoms with Crippen LogP contribution in [0.4, 0.5) is 5.82 Å². The van der Waals surface area contributed by atoms with Crippen molar-refractivity contribution in [2.75, 3.05) is 20.0 Å². The summed E-state index contributed by atoms with van der Waals surface area (Å²) in [6.07, 6.45) is 3.23. The summed E-state index contributed by atoms with van der Waals surface area (Å²) in [6, 6.07) is 1.96. The van der Waals surface area contributed by atoms with Crippen LogP contribution in [0.1, 0.15) is 5.82 Å². The van der Waals surface area contributed by atoms with Gasteiger partial charge in [0.1, 0.15) is 12.4 Å². The molecule has 2 aromatic rings. The molecule has 0 radical (unpaired) electrons. The van der Waals surface area contributed by atoms with Gasteiger partial charge >= 0.3 is 6.01 Å². The highest BCUT2D eigenvalue weighted by atomic mass is 16.5. The molecule has 0 aliphatic rings. The smallest absolute Gasteiger partial charge is 0.316 e. The van der Waals surface area contributed by atoms with Crippen LogP contribution in [0.15, 0.2) is 18.5 Å². The quantitative estimate of drug-likeness (QED) is 0.848. The summed E-state index contributed by atoms with van der Waals surface area (Å²) in [7, 11) is 3.08. The molecule has 0 amide bonds. The van der Waals surface area contributed by atoms with Gasteiger partial charge < -0.3 is 15.2 Å². The zero-order chi connectivity index (χ0) is 13.0. The fraction of sp³-hybridized carbons (Fsp3) is 0.273. The van der Waals surface area contributed by atoms with Crippen molar-refractivity contribution in [3.05, 3.63) is 24.3 Å². The van der Waals surface area contributed by atoms with Gasteiger partial charge in [0, 0.05) is 31.1 Å². The number of hydrogen-bond donors (Lipinski definition) is 1. The highest BCUT2D eigenvalue weighted by Crippen LogP contribution is 2.18. The van der Waals surface area contributed by atoms with Crippen LogP contribution in [-0.4, -0.2) is 34.2 Å². The Labute approximate surface area is 104 Å². The predicted molar refractivity (Wildman–Crippen MR) is 64.7 cm³/mol. The van der Waals surface area contributed by atoms with Crippen molar-refractivity contribution in [1.29, 1.82) is 0 Å². The maximum absolute atomic E-state index is 5.71. The molecule has 0 aromatic carbocycles. The third-order valence-electron chi connectivity index (χ3n) is 2.17. The summed E-state index contributed by atoms with van der Waals surface area (Å²) >= 11 is 0. The fourth-order valence-corrected chi connectivity index (χ4v) is 1.41. The highest BCUT2D eigenvalue weighted by molar-refractivity contribution is 5.59. The van der Waals surface area contributed by atoms with E-state index < -0.39 is 0 Å². The Balaban J connectivity index is 2.36. The van der Waals surface area contributed by atoms with E-state index >= 15 is 0 Å². The third-order valence-corrected chi connectivity index (χ3v) is 2.17. The first-order valence-electron chi connectivity index (χ1n) is 5.21. The van der Waals surface area contributed by atoms with Crippen LogP contribution in [-0.2, 0) is 11.3 Å². The summed E-state index contributed by atoms with van der Waals surface area (Å²) in [5, 5.41) is 0. The molecule has 2 N–H and O–H groups in total. The molecule has 0 aliphatic carbocycles. The van der Waals surface area contributed by atoms with E-state index in [-0.39, 0.29) is 0 Å². The van der Waals surface area contributed by atoms with Gasteiger partial charge in [-0.1, -0.05) is 0 Å². The molecular weight excluding hydrogens is 234 g/mol. The molecule has 2 aromatic heterocycles. The number of nitrogens with two attached hydrogens (primary N) is 1. The SMILES string of the molecule is COCc1nc(N)cc(-c2cnc(OC)nc2)n1. The van der Waals surface area contributed by atoms with Gasteiger partial charge in [-0.3, -0.25) is 0 Å². The van der Waals surface area contributed by atoms with Crippen LogP contribution < -0.4 is 10.5 Å². The van der Waals surface area contributed by atoms with E-state index in [9.17, 15) is 0 Å². The zero-order valence-corrected chi connectivity index (χ0v) is 10.1. The number of hydrogen-bond acceptors (Lipinski definition) is 7. The fourth-order valence-electron chi connectivity index (χ4n) is 1.41. The predicted octanol–water partition coefficient (Wildman–Crippen LogP) is 0.671. The summed E-state index contributed by atoms with van der Waals surface area (Å²) in [5.74, 6) is 0.895. The third kappa shape index (κ3) is 2.69. The van der Waals surface area contributed by atoms with Gasteiger partial charge in [-0.05, 0) is 0 Å². The largest absolute Gasteiger partial charge is 0.467 e. The first kappa shape index (κ1) is 12.2. The number of ether oxygens (including phenoxy) is 2. The Kier molecular flexibility index (Phi) is 3.63. The van der Waals surface area contributed by atoms with Crippen LogP contribution in [0.3, 0.4) is 0 Å². The molecule has 2 rings (SSSR count). The lowest BCUT2D eigenvalue weighted by Gasteiger charge is -2.05. The molecule has 0 unspecified atom stereocenters. The molecular formula is C11H13N5O2. The van der Waals surface area contributed by atoms with E-state index in [1.54, 1.807) is 25.6 Å². The van der Waals surface area contributed by atoms with E-state index in [0.717, 1.165) is 5.56 Å². The van der Waals surface area contributed by atoms with Crippen molar-refractivity contribution in [2.24, 2.45) is 0 Å². The molecule has 2 heterocycles. The molecule has 7 heteroatoms. The number of nitrogens with zero attached hydrogens (tertiary/aromatic N) is 4. The lowest BCUT2D eigenvalue weighted by atomic mass is 10.2. The number of methoxy groups -OCH3 is 2. The Morgan fingerprint density at radius 3 is 2.50 bits per heavy atom. The second-order valence-electron chi connectivity index (χ2n) is 3.49. The topological polar surface area (TPSA) is 96.0 Å². The number of nitrogen functional groups attached to an aromatic ring is 1. The van der Waals surface area contributed by atoms with Crippen LogP contribution in [0.25, 0.3) is 11.3 Å². The van der Waals surface area contributed by atoms with Gasteiger partial charge in [0.15, 0.2) is 5.82 Å². The van der Waals surface area contributed by atoms with Crippen molar-refractivity contribution >= 4 is 5.82 Å². The Morgan fingerprint density at radius 2 is 1.89 bits per heavy atom. The van der Waals surface area contributed by atoms with E-state index in [2.05, 4.69) is 19.9 Å². The highest BCUT2D eigenvalue weighted by Gasteiger charge is 2.06. The van der Waals surface area contributed by atoms with E-state index in [0.29, 0.717) is 30.0 Å². The minimum Gasteiger partial charge on any atom is -0.467 e. The summed E-state index contributed by atoms with van der Waals surface area (Å²) < 4.78 is 9.87. The van der Waals surface area contributed by atoms with Gasteiger partial charge in [0.2, 0.25) is 0 Å². The molecule has 0 aliphatic heterocycles. The number of anilines is 1. The van der Waals surface area contributed by atoms with Gasteiger partial charge in [0.25, 0.3) is 0 Å². The molecule has 0 atom stereocenters. The minimum atomic E-state index is 0.301. The molecule has 0 saturated carbocycles. The van der Waals surface area contributed by atoms with E-state index in [4.69, 9.17) is 15.2 Å². The first-order valence-corrected chi connectivity index (χ1v) is 5.21. The summed E-state index contributed by atoms with van der Waals surface area (Å²) in [5.41, 5.74) is 7.10. The number of rotatable bonds is 4. The molecule has 0 bridgehead atoms. The second kappa shape index (κ2) is 5.37. The monoisotopic (exact) mass is 247 g/mol. The standard InChI is InChI=1S/C11H13N5O2/c1-17-6-10-15-8(3-9(12)16-10)7-4-13-11(18-2)14-5-7/h3-5H,6H2,1-2H3,(H2,12,15,16). The maximum Gasteiger partial charge on any atom is 0.316 e. The Hall–Kier alpha value is -2.28. The van der Waals surface area contributed by atoms with Gasteiger partial charge in [-0.15, -0.1) is 0 Å².